The van der Waals surface area contributed by atoms with Crippen molar-refractivity contribution in [3.8, 4) is 0 Å². The van der Waals surface area contributed by atoms with Crippen molar-refractivity contribution in [1.82, 2.24) is 5.16 Å². The standard InChI is InChI=1S/C22H23N3O4S/c1-14-5-10-19(11-6-14)25-30(27,28)21-13-18(8-7-15(21)2)9-12-20-22(23-17(4)26)16(3)24-29-20/h5-13,25H,1-4H3,(H,23,26). The number of aromatic nitrogens is 1. The minimum atomic E-state index is -3.76. The van der Waals surface area contributed by atoms with Crippen molar-refractivity contribution in [1.29, 1.82) is 0 Å². The van der Waals surface area contributed by atoms with Gasteiger partial charge >= 0.3 is 0 Å². The predicted octanol–water partition coefficient (Wildman–Crippen LogP) is 4.53. The maximum Gasteiger partial charge on any atom is 0.262 e. The molecule has 1 aromatic heterocycles. The van der Waals surface area contributed by atoms with Crippen LogP contribution in [0.15, 0.2) is 51.9 Å². The molecular formula is C22H23N3O4S. The molecule has 8 heteroatoms. The zero-order chi connectivity index (χ0) is 21.9. The number of hydrogen-bond acceptors (Lipinski definition) is 5. The van der Waals surface area contributed by atoms with E-state index in [-0.39, 0.29) is 10.8 Å². The molecule has 0 radical (unpaired) electrons. The van der Waals surface area contributed by atoms with Crippen molar-refractivity contribution in [2.75, 3.05) is 10.0 Å². The molecule has 7 nitrogen and oxygen atoms in total. The lowest BCUT2D eigenvalue weighted by Gasteiger charge is -2.11. The van der Waals surface area contributed by atoms with Crippen molar-refractivity contribution in [3.05, 3.63) is 70.6 Å². The molecule has 30 heavy (non-hydrogen) atoms. The number of aryl methyl sites for hydroxylation is 3. The van der Waals surface area contributed by atoms with E-state index >= 15 is 0 Å². The monoisotopic (exact) mass is 425 g/mol. The van der Waals surface area contributed by atoms with Crippen LogP contribution in [0.3, 0.4) is 0 Å². The lowest BCUT2D eigenvalue weighted by molar-refractivity contribution is -0.114. The average molecular weight is 426 g/mol. The van der Waals surface area contributed by atoms with E-state index in [9.17, 15) is 13.2 Å². The van der Waals surface area contributed by atoms with Crippen LogP contribution in [0, 0.1) is 20.8 Å². The largest absolute Gasteiger partial charge is 0.354 e. The van der Waals surface area contributed by atoms with E-state index in [4.69, 9.17) is 4.52 Å². The third-order valence-corrected chi connectivity index (χ3v) is 5.95. The van der Waals surface area contributed by atoms with Crippen LogP contribution in [0.25, 0.3) is 12.2 Å². The number of benzene rings is 2. The molecule has 3 rings (SSSR count). The summed E-state index contributed by atoms with van der Waals surface area (Å²) in [5.41, 5.74) is 3.87. The Morgan fingerprint density at radius 1 is 1.03 bits per heavy atom. The van der Waals surface area contributed by atoms with Crippen LogP contribution >= 0.6 is 0 Å². The van der Waals surface area contributed by atoms with Gasteiger partial charge < -0.3 is 9.84 Å². The van der Waals surface area contributed by atoms with E-state index in [0.717, 1.165) is 5.56 Å². The first-order valence-corrected chi connectivity index (χ1v) is 10.8. The van der Waals surface area contributed by atoms with E-state index in [1.165, 1.54) is 6.92 Å². The van der Waals surface area contributed by atoms with Gasteiger partial charge in [0.1, 0.15) is 11.4 Å². The lowest BCUT2D eigenvalue weighted by atomic mass is 10.1. The number of sulfonamides is 1. The lowest BCUT2D eigenvalue weighted by Crippen LogP contribution is -2.14. The summed E-state index contributed by atoms with van der Waals surface area (Å²) in [5.74, 6) is 0.146. The third-order valence-electron chi connectivity index (χ3n) is 4.42. The second-order valence-electron chi connectivity index (χ2n) is 7.02. The molecule has 0 aliphatic carbocycles. The maximum atomic E-state index is 12.9. The molecule has 2 aromatic carbocycles. The van der Waals surface area contributed by atoms with Gasteiger partial charge in [0.25, 0.3) is 10.0 Å². The fourth-order valence-electron chi connectivity index (χ4n) is 2.84. The van der Waals surface area contributed by atoms with Gasteiger partial charge in [-0.3, -0.25) is 9.52 Å². The van der Waals surface area contributed by atoms with Gasteiger partial charge in [-0.2, -0.15) is 0 Å². The minimum absolute atomic E-state index is 0.182. The summed E-state index contributed by atoms with van der Waals surface area (Å²) in [6, 6.07) is 12.3. The molecular weight excluding hydrogens is 402 g/mol. The topological polar surface area (TPSA) is 101 Å². The van der Waals surface area contributed by atoms with E-state index in [2.05, 4.69) is 15.2 Å². The van der Waals surface area contributed by atoms with Crippen molar-refractivity contribution in [3.63, 3.8) is 0 Å². The molecule has 0 spiro atoms. The van der Waals surface area contributed by atoms with Crippen molar-refractivity contribution >= 4 is 39.5 Å². The van der Waals surface area contributed by atoms with E-state index in [1.807, 2.05) is 19.1 Å². The first-order chi connectivity index (χ1) is 14.2. The molecule has 1 amide bonds. The number of rotatable bonds is 6. The minimum Gasteiger partial charge on any atom is -0.354 e. The summed E-state index contributed by atoms with van der Waals surface area (Å²) in [7, 11) is -3.76. The van der Waals surface area contributed by atoms with Gasteiger partial charge in [0.05, 0.1) is 4.90 Å². The summed E-state index contributed by atoms with van der Waals surface area (Å²) in [4.78, 5) is 11.6. The second kappa shape index (κ2) is 8.54. The van der Waals surface area contributed by atoms with Crippen molar-refractivity contribution in [2.24, 2.45) is 0 Å². The average Bonchev–Trinajstić information content (AvgIpc) is 3.02. The highest BCUT2D eigenvalue weighted by molar-refractivity contribution is 7.92. The van der Waals surface area contributed by atoms with Gasteiger partial charge in [-0.05, 0) is 56.2 Å². The highest BCUT2D eigenvalue weighted by Crippen LogP contribution is 2.25. The Balaban J connectivity index is 1.89. The number of anilines is 2. The molecule has 0 fully saturated rings. The summed E-state index contributed by atoms with van der Waals surface area (Å²) in [5, 5.41) is 6.54. The highest BCUT2D eigenvalue weighted by Gasteiger charge is 2.17. The quantitative estimate of drug-likeness (QED) is 0.604. The van der Waals surface area contributed by atoms with Crippen LogP contribution in [-0.2, 0) is 14.8 Å². The van der Waals surface area contributed by atoms with Gasteiger partial charge in [-0.1, -0.05) is 41.1 Å². The van der Waals surface area contributed by atoms with E-state index in [1.54, 1.807) is 56.3 Å². The number of carbonyl (C=O) groups excluding carboxylic acids is 1. The van der Waals surface area contributed by atoms with Crippen LogP contribution in [0.2, 0.25) is 0 Å². The molecule has 0 bridgehead atoms. The first kappa shape index (κ1) is 21.3. The third kappa shape index (κ3) is 4.96. The fourth-order valence-corrected chi connectivity index (χ4v) is 4.18. The summed E-state index contributed by atoms with van der Waals surface area (Å²) < 4.78 is 33.7. The number of hydrogen-bond donors (Lipinski definition) is 2. The SMILES string of the molecule is CC(=O)Nc1c(C)noc1C=Cc1ccc(C)c(S(=O)(=O)Nc2ccc(C)cc2)c1. The van der Waals surface area contributed by atoms with Gasteiger partial charge in [0.15, 0.2) is 5.76 Å². The number of nitrogens with zero attached hydrogens (tertiary/aromatic N) is 1. The van der Waals surface area contributed by atoms with Gasteiger partial charge in [-0.15, -0.1) is 0 Å². The molecule has 0 unspecified atom stereocenters. The second-order valence-corrected chi connectivity index (χ2v) is 8.67. The number of nitrogens with one attached hydrogen (secondary N) is 2. The first-order valence-electron chi connectivity index (χ1n) is 9.28. The molecule has 0 atom stereocenters. The summed E-state index contributed by atoms with van der Waals surface area (Å²) >= 11 is 0. The van der Waals surface area contributed by atoms with E-state index < -0.39 is 10.0 Å². The van der Waals surface area contributed by atoms with E-state index in [0.29, 0.717) is 34.0 Å². The van der Waals surface area contributed by atoms with Gasteiger partial charge in [0, 0.05) is 12.6 Å². The van der Waals surface area contributed by atoms with Crippen LogP contribution in [-0.4, -0.2) is 19.5 Å². The zero-order valence-corrected chi connectivity index (χ0v) is 18.0. The molecule has 0 aliphatic rings. The Labute approximate surface area is 175 Å². The molecule has 1 heterocycles. The number of carbonyl (C=O) groups is 1. The summed E-state index contributed by atoms with van der Waals surface area (Å²) in [6.07, 6.45) is 3.34. The normalized spacial score (nSPS) is 11.6. The smallest absolute Gasteiger partial charge is 0.262 e. The van der Waals surface area contributed by atoms with Crippen LogP contribution in [0.5, 0.6) is 0 Å². The van der Waals surface area contributed by atoms with Crippen LogP contribution < -0.4 is 10.0 Å². The number of amides is 1. The van der Waals surface area contributed by atoms with Crippen molar-refractivity contribution in [2.45, 2.75) is 32.6 Å². The molecule has 0 saturated carbocycles. The molecule has 3 aromatic rings. The Bertz CT molecular complexity index is 1210. The maximum absolute atomic E-state index is 12.9. The molecule has 0 aliphatic heterocycles. The predicted molar refractivity (Wildman–Crippen MR) is 118 cm³/mol. The fraction of sp³-hybridized carbons (Fsp3) is 0.182. The summed E-state index contributed by atoms with van der Waals surface area (Å²) in [6.45, 7) is 6.80. The van der Waals surface area contributed by atoms with Crippen molar-refractivity contribution < 1.29 is 17.7 Å². The molecule has 2 N–H and O–H groups in total. The zero-order valence-electron chi connectivity index (χ0n) is 17.2. The van der Waals surface area contributed by atoms with Crippen LogP contribution in [0.1, 0.15) is 35.1 Å². The Kier molecular flexibility index (Phi) is 6.07. The Morgan fingerprint density at radius 2 is 1.73 bits per heavy atom. The van der Waals surface area contributed by atoms with Gasteiger partial charge in [0.2, 0.25) is 5.91 Å². The Morgan fingerprint density at radius 3 is 2.40 bits per heavy atom. The van der Waals surface area contributed by atoms with Gasteiger partial charge in [-0.25, -0.2) is 8.42 Å². The highest BCUT2D eigenvalue weighted by atomic mass is 32.2. The Hall–Kier alpha value is -3.39. The van der Waals surface area contributed by atoms with Crippen LogP contribution in [0.4, 0.5) is 11.4 Å². The molecule has 0 saturated heterocycles. The molecule has 156 valence electrons.